The molecule has 0 atom stereocenters. The Morgan fingerprint density at radius 2 is 2.00 bits per heavy atom. The predicted octanol–water partition coefficient (Wildman–Crippen LogP) is 3.31. The van der Waals surface area contributed by atoms with Crippen molar-refractivity contribution in [2.24, 2.45) is 0 Å². The summed E-state index contributed by atoms with van der Waals surface area (Å²) in [5, 5.41) is 17.0. The lowest BCUT2D eigenvalue weighted by Gasteiger charge is -2.12. The van der Waals surface area contributed by atoms with Gasteiger partial charge in [-0.15, -0.1) is 10.2 Å². The van der Waals surface area contributed by atoms with Crippen molar-refractivity contribution in [3.05, 3.63) is 5.82 Å². The Morgan fingerprint density at radius 1 is 1.33 bits per heavy atom. The number of rotatable bonds is 8. The van der Waals surface area contributed by atoms with Gasteiger partial charge in [-0.2, -0.15) is 13.2 Å². The highest BCUT2D eigenvalue weighted by Gasteiger charge is 2.26. The summed E-state index contributed by atoms with van der Waals surface area (Å²) in [7, 11) is 0. The first kappa shape index (κ1) is 17.8. The molecule has 0 fully saturated rings. The number of carbonyl (C=O) groups is 1. The van der Waals surface area contributed by atoms with Crippen LogP contribution in [0.5, 0.6) is 0 Å². The lowest BCUT2D eigenvalue weighted by atomic mass is 10.2. The van der Waals surface area contributed by atoms with Crippen molar-refractivity contribution in [1.82, 2.24) is 14.8 Å². The number of unbranched alkanes of at least 4 members (excludes halogenated alkanes) is 1. The van der Waals surface area contributed by atoms with Gasteiger partial charge >= 0.3 is 12.1 Å². The molecule has 0 aliphatic carbocycles. The molecule has 1 N–H and O–H groups in total. The molecule has 9 heteroatoms. The van der Waals surface area contributed by atoms with Gasteiger partial charge in [0.2, 0.25) is 0 Å². The van der Waals surface area contributed by atoms with Gasteiger partial charge in [-0.05, 0) is 12.8 Å². The van der Waals surface area contributed by atoms with Crippen LogP contribution in [0.1, 0.15) is 44.9 Å². The molecule has 21 heavy (non-hydrogen) atoms. The Labute approximate surface area is 124 Å². The van der Waals surface area contributed by atoms with E-state index in [1.807, 2.05) is 13.8 Å². The van der Waals surface area contributed by atoms with Crippen molar-refractivity contribution < 1.29 is 23.1 Å². The number of alkyl halides is 3. The zero-order valence-electron chi connectivity index (χ0n) is 11.9. The number of nitrogens with zero attached hydrogens (tertiary/aromatic N) is 3. The maximum Gasteiger partial charge on any atom is 0.389 e. The van der Waals surface area contributed by atoms with E-state index in [0.717, 1.165) is 11.8 Å². The second kappa shape index (κ2) is 7.67. The lowest BCUT2D eigenvalue weighted by molar-refractivity contribution is -0.136. The molecule has 0 unspecified atom stereocenters. The summed E-state index contributed by atoms with van der Waals surface area (Å²) in [4.78, 5) is 10.6. The van der Waals surface area contributed by atoms with Crippen LogP contribution in [-0.4, -0.2) is 37.8 Å². The quantitative estimate of drug-likeness (QED) is 0.586. The fourth-order valence-electron chi connectivity index (χ4n) is 1.77. The number of hydrogen-bond acceptors (Lipinski definition) is 4. The van der Waals surface area contributed by atoms with Crippen molar-refractivity contribution in [2.75, 3.05) is 5.75 Å². The summed E-state index contributed by atoms with van der Waals surface area (Å²) < 4.78 is 38.1. The Morgan fingerprint density at radius 3 is 2.52 bits per heavy atom. The molecule has 0 bridgehead atoms. The summed E-state index contributed by atoms with van der Waals surface area (Å²) in [5.74, 6) is -0.398. The summed E-state index contributed by atoms with van der Waals surface area (Å²) in [5.41, 5.74) is 0. The van der Waals surface area contributed by atoms with Crippen LogP contribution in [0, 0.1) is 0 Å². The number of halogens is 3. The fraction of sp³-hybridized carbons (Fsp3) is 0.750. The zero-order valence-corrected chi connectivity index (χ0v) is 12.7. The minimum Gasteiger partial charge on any atom is -0.481 e. The van der Waals surface area contributed by atoms with Crippen LogP contribution < -0.4 is 0 Å². The van der Waals surface area contributed by atoms with Crippen molar-refractivity contribution >= 4 is 17.7 Å². The van der Waals surface area contributed by atoms with Crippen molar-refractivity contribution in [2.45, 2.75) is 56.9 Å². The second-order valence-electron chi connectivity index (χ2n) is 4.90. The van der Waals surface area contributed by atoms with Crippen LogP contribution >= 0.6 is 11.8 Å². The Hall–Kier alpha value is -1.25. The van der Waals surface area contributed by atoms with E-state index in [-0.39, 0.29) is 18.1 Å². The SMILES string of the molecule is CC(C)c1nnc(SCC(=O)O)n1CCCCC(F)(F)F. The average molecular weight is 325 g/mol. The highest BCUT2D eigenvalue weighted by Crippen LogP contribution is 2.25. The zero-order chi connectivity index (χ0) is 16.0. The number of carboxylic acid groups (broad SMARTS) is 1. The van der Waals surface area contributed by atoms with Gasteiger partial charge in [0.25, 0.3) is 0 Å². The maximum absolute atomic E-state index is 12.1. The second-order valence-corrected chi connectivity index (χ2v) is 5.84. The van der Waals surface area contributed by atoms with E-state index in [4.69, 9.17) is 5.11 Å². The van der Waals surface area contributed by atoms with Gasteiger partial charge in [-0.3, -0.25) is 4.79 Å². The van der Waals surface area contributed by atoms with Gasteiger partial charge in [0.05, 0.1) is 5.75 Å². The molecule has 5 nitrogen and oxygen atoms in total. The third-order valence-electron chi connectivity index (χ3n) is 2.68. The highest BCUT2D eigenvalue weighted by molar-refractivity contribution is 7.99. The summed E-state index contributed by atoms with van der Waals surface area (Å²) >= 11 is 1.02. The minimum atomic E-state index is -4.14. The van der Waals surface area contributed by atoms with E-state index in [2.05, 4.69) is 10.2 Å². The van der Waals surface area contributed by atoms with Gasteiger partial charge < -0.3 is 9.67 Å². The van der Waals surface area contributed by atoms with Crippen molar-refractivity contribution in [3.8, 4) is 0 Å². The Bertz CT molecular complexity index is 475. The summed E-state index contributed by atoms with van der Waals surface area (Å²) in [6, 6.07) is 0. The van der Waals surface area contributed by atoms with E-state index >= 15 is 0 Å². The van der Waals surface area contributed by atoms with Gasteiger partial charge in [0.15, 0.2) is 5.16 Å². The van der Waals surface area contributed by atoms with E-state index in [1.54, 1.807) is 4.57 Å². The average Bonchev–Trinajstić information content (AvgIpc) is 2.74. The standard InChI is InChI=1S/C12H18F3N3O2S/c1-8(2)10-16-17-11(21-7-9(19)20)18(10)6-4-3-5-12(13,14)15/h8H,3-7H2,1-2H3,(H,19,20). The molecule has 0 saturated heterocycles. The number of thioether (sulfide) groups is 1. The molecule has 1 rings (SSSR count). The number of hydrogen-bond donors (Lipinski definition) is 1. The molecule has 1 heterocycles. The van der Waals surface area contributed by atoms with Crippen molar-refractivity contribution in [1.29, 1.82) is 0 Å². The molecule has 0 radical (unpaired) electrons. The maximum atomic E-state index is 12.1. The van der Waals surface area contributed by atoms with Crippen LogP contribution in [0.15, 0.2) is 5.16 Å². The molecular formula is C12H18F3N3O2S. The van der Waals surface area contributed by atoms with Gasteiger partial charge in [-0.25, -0.2) is 0 Å². The fourth-order valence-corrected chi connectivity index (χ4v) is 2.46. The topological polar surface area (TPSA) is 68.0 Å². The predicted molar refractivity (Wildman–Crippen MR) is 72.4 cm³/mol. The largest absolute Gasteiger partial charge is 0.481 e. The molecule has 0 saturated carbocycles. The lowest BCUT2D eigenvalue weighted by Crippen LogP contribution is -2.10. The molecule has 0 aliphatic rings. The van der Waals surface area contributed by atoms with Gasteiger partial charge in [0.1, 0.15) is 5.82 Å². The third kappa shape index (κ3) is 6.36. The number of aliphatic carboxylic acids is 1. The van der Waals surface area contributed by atoms with Gasteiger partial charge in [0, 0.05) is 18.9 Å². The molecule has 0 aliphatic heterocycles. The number of carboxylic acids is 1. The monoisotopic (exact) mass is 325 g/mol. The van der Waals surface area contributed by atoms with E-state index in [0.29, 0.717) is 23.9 Å². The first-order valence-electron chi connectivity index (χ1n) is 6.55. The van der Waals surface area contributed by atoms with Crippen LogP contribution in [0.3, 0.4) is 0 Å². The molecule has 1 aromatic heterocycles. The van der Waals surface area contributed by atoms with Crippen LogP contribution in [0.4, 0.5) is 13.2 Å². The molecule has 0 amide bonds. The van der Waals surface area contributed by atoms with Crippen LogP contribution in [-0.2, 0) is 11.3 Å². The molecular weight excluding hydrogens is 307 g/mol. The first-order valence-corrected chi connectivity index (χ1v) is 7.53. The third-order valence-corrected chi connectivity index (χ3v) is 3.63. The van der Waals surface area contributed by atoms with E-state index in [1.165, 1.54) is 0 Å². The van der Waals surface area contributed by atoms with Gasteiger partial charge in [-0.1, -0.05) is 25.6 Å². The Kier molecular flexibility index (Phi) is 6.50. The molecule has 0 spiro atoms. The minimum absolute atomic E-state index is 0.0300. The molecule has 120 valence electrons. The van der Waals surface area contributed by atoms with Crippen LogP contribution in [0.25, 0.3) is 0 Å². The Balaban J connectivity index is 2.67. The normalized spacial score (nSPS) is 12.1. The summed E-state index contributed by atoms with van der Waals surface area (Å²) in [6.45, 7) is 4.17. The van der Waals surface area contributed by atoms with E-state index in [9.17, 15) is 18.0 Å². The molecule has 1 aromatic rings. The molecule has 0 aromatic carbocycles. The highest BCUT2D eigenvalue weighted by atomic mass is 32.2. The van der Waals surface area contributed by atoms with Crippen LogP contribution in [0.2, 0.25) is 0 Å². The first-order chi connectivity index (χ1) is 9.70. The van der Waals surface area contributed by atoms with E-state index < -0.39 is 18.6 Å². The number of aromatic nitrogens is 3. The smallest absolute Gasteiger partial charge is 0.389 e. The summed E-state index contributed by atoms with van der Waals surface area (Å²) in [6.07, 6.45) is -4.58. The van der Waals surface area contributed by atoms with Crippen molar-refractivity contribution in [3.63, 3.8) is 0 Å².